The number of phenols is 1. The van der Waals surface area contributed by atoms with Gasteiger partial charge >= 0.3 is 0 Å². The molecule has 0 radical (unpaired) electrons. The number of hydrogen-bond acceptors (Lipinski definition) is 4. The van der Waals surface area contributed by atoms with Gasteiger partial charge in [0.1, 0.15) is 11.4 Å². The molecule has 2 aromatic heterocycles. The van der Waals surface area contributed by atoms with Crippen LogP contribution in [0.25, 0.3) is 33.5 Å². The van der Waals surface area contributed by atoms with E-state index in [2.05, 4.69) is 45.8 Å². The van der Waals surface area contributed by atoms with Crippen molar-refractivity contribution in [2.75, 3.05) is 0 Å². The number of fused-ring (bicyclic) bond motifs is 1. The fourth-order valence-corrected chi connectivity index (χ4v) is 3.69. The lowest BCUT2D eigenvalue weighted by atomic mass is 10.1. The van der Waals surface area contributed by atoms with Crippen LogP contribution < -0.4 is 0 Å². The first-order chi connectivity index (χ1) is 12.9. The Hall–Kier alpha value is -2.51. The van der Waals surface area contributed by atoms with Crippen molar-refractivity contribution in [1.29, 1.82) is 0 Å². The fourth-order valence-electron chi connectivity index (χ4n) is 3.12. The van der Waals surface area contributed by atoms with E-state index in [9.17, 15) is 5.11 Å². The smallest absolute Gasteiger partial charge is 0.197 e. The Labute approximate surface area is 169 Å². The minimum atomic E-state index is 0.148. The van der Waals surface area contributed by atoms with Crippen molar-refractivity contribution in [2.24, 2.45) is 0 Å². The van der Waals surface area contributed by atoms with Gasteiger partial charge in [0.05, 0.1) is 16.9 Å². The summed E-state index contributed by atoms with van der Waals surface area (Å²) in [6, 6.07) is 15.4. The van der Waals surface area contributed by atoms with E-state index in [-0.39, 0.29) is 11.8 Å². The van der Waals surface area contributed by atoms with Gasteiger partial charge in [0.15, 0.2) is 4.77 Å². The van der Waals surface area contributed by atoms with Crippen LogP contribution in [0.2, 0.25) is 0 Å². The Bertz CT molecular complexity index is 1210. The third-order valence-corrected chi connectivity index (χ3v) is 5.02. The molecule has 0 bridgehead atoms. The Balaban J connectivity index is 1.97. The largest absolute Gasteiger partial charge is 0.507 e. The first kappa shape index (κ1) is 17.9. The monoisotopic (exact) mass is 440 g/mol. The average molecular weight is 441 g/mol. The van der Waals surface area contributed by atoms with Gasteiger partial charge in [-0.15, -0.1) is 0 Å². The van der Waals surface area contributed by atoms with E-state index in [4.69, 9.17) is 17.3 Å². The number of para-hydroxylation sites is 1. The number of rotatable bonds is 3. The minimum absolute atomic E-state index is 0.148. The number of phenolic OH excluding ortho intramolecular Hbond substituents is 1. The van der Waals surface area contributed by atoms with Crippen molar-refractivity contribution in [2.45, 2.75) is 19.9 Å². The summed E-state index contributed by atoms with van der Waals surface area (Å²) in [5, 5.41) is 16.1. The van der Waals surface area contributed by atoms with E-state index in [1.807, 2.05) is 35.0 Å². The second-order valence-electron chi connectivity index (χ2n) is 6.55. The zero-order chi connectivity index (χ0) is 19.1. The van der Waals surface area contributed by atoms with Crippen LogP contribution >= 0.6 is 28.1 Å². The van der Waals surface area contributed by atoms with Gasteiger partial charge in [-0.25, -0.2) is 4.98 Å². The van der Waals surface area contributed by atoms with Gasteiger partial charge in [0, 0.05) is 21.5 Å². The molecule has 0 aliphatic heterocycles. The quantitative estimate of drug-likeness (QED) is 0.390. The molecule has 0 saturated carbocycles. The van der Waals surface area contributed by atoms with Crippen LogP contribution in [0.15, 0.2) is 53.0 Å². The molecule has 2 N–H and O–H groups in total. The number of halogens is 1. The number of benzene rings is 2. The molecular weight excluding hydrogens is 424 g/mol. The van der Waals surface area contributed by atoms with Crippen LogP contribution in [0.1, 0.15) is 19.9 Å². The summed E-state index contributed by atoms with van der Waals surface area (Å²) in [5.41, 5.74) is 3.84. The molecule has 136 valence electrons. The van der Waals surface area contributed by atoms with E-state index in [1.54, 1.807) is 12.1 Å². The first-order valence-corrected chi connectivity index (χ1v) is 9.72. The molecule has 0 spiro atoms. The maximum Gasteiger partial charge on any atom is 0.197 e. The second kappa shape index (κ2) is 6.90. The normalized spacial score (nSPS) is 11.4. The Kier molecular flexibility index (Phi) is 4.57. The third-order valence-electron chi connectivity index (χ3n) is 4.34. The Morgan fingerprint density at radius 2 is 1.93 bits per heavy atom. The summed E-state index contributed by atoms with van der Waals surface area (Å²) in [6.45, 7) is 4.20. The summed E-state index contributed by atoms with van der Waals surface area (Å²) in [7, 11) is 0. The van der Waals surface area contributed by atoms with Gasteiger partial charge in [0.2, 0.25) is 0 Å². The molecule has 2 aromatic carbocycles. The molecule has 27 heavy (non-hydrogen) atoms. The lowest BCUT2D eigenvalue weighted by Gasteiger charge is -2.07. The first-order valence-electron chi connectivity index (χ1n) is 8.52. The molecule has 4 aromatic rings. The summed E-state index contributed by atoms with van der Waals surface area (Å²) < 4.78 is 3.19. The average Bonchev–Trinajstić information content (AvgIpc) is 3.03. The summed E-state index contributed by atoms with van der Waals surface area (Å²) >= 11 is 8.79. The van der Waals surface area contributed by atoms with E-state index < -0.39 is 0 Å². The fraction of sp³-hybridized carbons (Fsp3) is 0.150. The predicted molar refractivity (Wildman–Crippen MR) is 113 cm³/mol. The van der Waals surface area contributed by atoms with Gasteiger partial charge < -0.3 is 10.1 Å². The molecule has 2 heterocycles. The molecule has 0 atom stereocenters. The summed E-state index contributed by atoms with van der Waals surface area (Å²) in [6.07, 6.45) is 0. The zero-order valence-electron chi connectivity index (χ0n) is 14.8. The second-order valence-corrected chi connectivity index (χ2v) is 7.85. The van der Waals surface area contributed by atoms with E-state index in [0.29, 0.717) is 16.0 Å². The van der Waals surface area contributed by atoms with Crippen molar-refractivity contribution in [3.8, 4) is 28.4 Å². The van der Waals surface area contributed by atoms with E-state index in [1.165, 1.54) is 0 Å². The highest BCUT2D eigenvalue weighted by molar-refractivity contribution is 9.10. The Morgan fingerprint density at radius 3 is 2.70 bits per heavy atom. The number of aromatic amines is 1. The predicted octanol–water partition coefficient (Wildman–Crippen LogP) is 5.87. The standard InChI is InChI=1S/C20H17BrN4OS/c1-11(2)25-17-6-4-3-5-13(17)19(24-25)16-10-15(22-20(27)23-16)14-9-12(21)7-8-18(14)26/h3-11,26H,1-2H3,(H,22,23,27). The molecule has 0 amide bonds. The Morgan fingerprint density at radius 1 is 1.15 bits per heavy atom. The molecular formula is C20H17BrN4OS. The van der Waals surface area contributed by atoms with Crippen molar-refractivity contribution in [3.63, 3.8) is 0 Å². The lowest BCUT2D eigenvalue weighted by Crippen LogP contribution is -2.02. The number of nitrogens with zero attached hydrogens (tertiary/aromatic N) is 3. The van der Waals surface area contributed by atoms with Gasteiger partial charge in [-0.05, 0) is 56.4 Å². The molecule has 0 aliphatic rings. The number of hydrogen-bond donors (Lipinski definition) is 2. The molecule has 5 nitrogen and oxygen atoms in total. The highest BCUT2D eigenvalue weighted by Gasteiger charge is 2.16. The molecule has 0 aliphatic carbocycles. The van der Waals surface area contributed by atoms with Crippen molar-refractivity contribution in [1.82, 2.24) is 19.7 Å². The van der Waals surface area contributed by atoms with Gasteiger partial charge in [-0.3, -0.25) is 4.68 Å². The molecule has 0 unspecified atom stereocenters. The zero-order valence-corrected chi connectivity index (χ0v) is 17.2. The minimum Gasteiger partial charge on any atom is -0.507 e. The van der Waals surface area contributed by atoms with E-state index >= 15 is 0 Å². The van der Waals surface area contributed by atoms with Crippen molar-refractivity contribution < 1.29 is 5.11 Å². The van der Waals surface area contributed by atoms with Crippen molar-refractivity contribution in [3.05, 3.63) is 57.8 Å². The van der Waals surface area contributed by atoms with Gasteiger partial charge in [-0.2, -0.15) is 5.10 Å². The molecule has 7 heteroatoms. The topological polar surface area (TPSA) is 66.7 Å². The highest BCUT2D eigenvalue weighted by Crippen LogP contribution is 2.34. The highest BCUT2D eigenvalue weighted by atomic mass is 79.9. The summed E-state index contributed by atoms with van der Waals surface area (Å²) in [5.74, 6) is 0.148. The van der Waals surface area contributed by atoms with Gasteiger partial charge in [-0.1, -0.05) is 34.1 Å². The van der Waals surface area contributed by atoms with Crippen LogP contribution in [0.4, 0.5) is 0 Å². The molecule has 0 saturated heterocycles. The third kappa shape index (κ3) is 3.28. The number of aromatic nitrogens is 4. The molecule has 4 rings (SSSR count). The number of H-pyrrole nitrogens is 1. The van der Waals surface area contributed by atoms with Crippen LogP contribution in [0, 0.1) is 4.77 Å². The SMILES string of the molecule is CC(C)n1nc(-c2cc(-c3cc(Br)ccc3O)nc(=S)[nH]2)c2ccccc21. The van der Waals surface area contributed by atoms with Crippen LogP contribution in [-0.2, 0) is 0 Å². The lowest BCUT2D eigenvalue weighted by molar-refractivity contribution is 0.477. The maximum atomic E-state index is 10.3. The van der Waals surface area contributed by atoms with E-state index in [0.717, 1.165) is 26.8 Å². The van der Waals surface area contributed by atoms with Crippen LogP contribution in [0.3, 0.4) is 0 Å². The molecule has 0 fully saturated rings. The van der Waals surface area contributed by atoms with Gasteiger partial charge in [0.25, 0.3) is 0 Å². The number of aromatic hydroxyl groups is 1. The summed E-state index contributed by atoms with van der Waals surface area (Å²) in [4.78, 5) is 7.54. The number of nitrogens with one attached hydrogen (secondary N) is 1. The van der Waals surface area contributed by atoms with Crippen molar-refractivity contribution >= 4 is 39.1 Å². The maximum absolute atomic E-state index is 10.3. The van der Waals surface area contributed by atoms with Crippen LogP contribution in [0.5, 0.6) is 5.75 Å². The van der Waals surface area contributed by atoms with Crippen LogP contribution in [-0.4, -0.2) is 24.9 Å².